The van der Waals surface area contributed by atoms with E-state index in [0.29, 0.717) is 17.7 Å². The molecule has 2 saturated heterocycles. The van der Waals surface area contributed by atoms with E-state index in [1.165, 1.54) is 25.3 Å². The van der Waals surface area contributed by atoms with E-state index in [1.807, 2.05) is 18.2 Å². The number of hydrogen-bond donors (Lipinski definition) is 1. The Labute approximate surface area is 123 Å². The lowest BCUT2D eigenvalue weighted by atomic mass is 9.85. The summed E-state index contributed by atoms with van der Waals surface area (Å²) in [6, 6.07) is 10.1. The minimum atomic E-state index is -0.323. The van der Waals surface area contributed by atoms with Crippen LogP contribution < -0.4 is 15.7 Å². The predicted molar refractivity (Wildman–Crippen MR) is 80.7 cm³/mol. The molecule has 1 aromatic heterocycles. The molecule has 4 heteroatoms. The number of hydrogen-bond acceptors (Lipinski definition) is 4. The Kier molecular flexibility index (Phi) is 3.19. The summed E-state index contributed by atoms with van der Waals surface area (Å²) in [5.41, 5.74) is 0.269. The quantitative estimate of drug-likeness (QED) is 0.862. The van der Waals surface area contributed by atoms with Crippen LogP contribution in [0.2, 0.25) is 0 Å². The maximum absolute atomic E-state index is 11.3. The van der Waals surface area contributed by atoms with Crippen LogP contribution in [0.25, 0.3) is 11.0 Å². The minimum absolute atomic E-state index is 0.259. The largest absolute Gasteiger partial charge is 0.490 e. The standard InChI is InChI=1S/C17H19NO3/c19-17-7-5-11-4-6-14(10-16(11)21-17)20-15-8-12-2-1-3-13(9-15)18-12/h4-7,10,12-13,15,18H,1-3,8-9H2. The Balaban J connectivity index is 1.55. The first-order valence-corrected chi connectivity index (χ1v) is 7.73. The zero-order chi connectivity index (χ0) is 14.2. The molecule has 2 unspecified atom stereocenters. The molecule has 4 nitrogen and oxygen atoms in total. The minimum Gasteiger partial charge on any atom is -0.490 e. The fraction of sp³-hybridized carbons (Fsp3) is 0.471. The van der Waals surface area contributed by atoms with E-state index >= 15 is 0 Å². The molecule has 2 atom stereocenters. The van der Waals surface area contributed by atoms with Gasteiger partial charge in [0, 0.05) is 29.6 Å². The lowest BCUT2D eigenvalue weighted by Crippen LogP contribution is -2.51. The Bertz CT molecular complexity index is 696. The van der Waals surface area contributed by atoms with Crippen LogP contribution in [0.3, 0.4) is 0 Å². The van der Waals surface area contributed by atoms with Gasteiger partial charge in [-0.05, 0) is 43.9 Å². The van der Waals surface area contributed by atoms with Crippen LogP contribution in [-0.2, 0) is 0 Å². The average Bonchev–Trinajstić information content (AvgIpc) is 2.46. The van der Waals surface area contributed by atoms with Crippen molar-refractivity contribution in [2.75, 3.05) is 0 Å². The summed E-state index contributed by atoms with van der Waals surface area (Å²) in [5.74, 6) is 0.793. The molecule has 0 aliphatic carbocycles. The van der Waals surface area contributed by atoms with Crippen molar-refractivity contribution in [3.8, 4) is 5.75 Å². The summed E-state index contributed by atoms with van der Waals surface area (Å²) in [7, 11) is 0. The second-order valence-corrected chi connectivity index (χ2v) is 6.16. The Morgan fingerprint density at radius 2 is 1.86 bits per heavy atom. The highest BCUT2D eigenvalue weighted by atomic mass is 16.5. The normalized spacial score (nSPS) is 28.5. The number of ether oxygens (including phenoxy) is 1. The molecule has 1 aromatic carbocycles. The van der Waals surface area contributed by atoms with Gasteiger partial charge in [0.25, 0.3) is 0 Å². The molecule has 4 rings (SSSR count). The molecule has 2 aliphatic rings. The molecule has 21 heavy (non-hydrogen) atoms. The van der Waals surface area contributed by atoms with Crippen molar-refractivity contribution in [2.24, 2.45) is 0 Å². The van der Waals surface area contributed by atoms with Crippen LogP contribution in [0, 0.1) is 0 Å². The van der Waals surface area contributed by atoms with Gasteiger partial charge in [0.1, 0.15) is 17.4 Å². The summed E-state index contributed by atoms with van der Waals surface area (Å²) in [6.45, 7) is 0. The first-order chi connectivity index (χ1) is 10.3. The van der Waals surface area contributed by atoms with Crippen molar-refractivity contribution in [2.45, 2.75) is 50.3 Å². The first-order valence-electron chi connectivity index (χ1n) is 7.73. The van der Waals surface area contributed by atoms with Gasteiger partial charge in [0.15, 0.2) is 0 Å². The van der Waals surface area contributed by atoms with Crippen LogP contribution in [0.1, 0.15) is 32.1 Å². The van der Waals surface area contributed by atoms with Crippen molar-refractivity contribution in [1.29, 1.82) is 0 Å². The molecule has 110 valence electrons. The summed E-state index contributed by atoms with van der Waals surface area (Å²) in [6.07, 6.45) is 6.22. The van der Waals surface area contributed by atoms with E-state index in [2.05, 4.69) is 5.32 Å². The summed E-state index contributed by atoms with van der Waals surface area (Å²) in [4.78, 5) is 11.3. The van der Waals surface area contributed by atoms with Crippen molar-refractivity contribution in [1.82, 2.24) is 5.32 Å². The van der Waals surface area contributed by atoms with Gasteiger partial charge in [-0.1, -0.05) is 6.42 Å². The Hall–Kier alpha value is -1.81. The number of rotatable bonds is 2. The number of fused-ring (bicyclic) bond motifs is 3. The van der Waals surface area contributed by atoms with E-state index in [4.69, 9.17) is 9.15 Å². The SMILES string of the molecule is O=c1ccc2ccc(OC3CC4CCCC(C3)N4)cc2o1. The van der Waals surface area contributed by atoms with E-state index < -0.39 is 0 Å². The Morgan fingerprint density at radius 1 is 1.10 bits per heavy atom. The van der Waals surface area contributed by atoms with Gasteiger partial charge in [-0.15, -0.1) is 0 Å². The van der Waals surface area contributed by atoms with E-state index in [9.17, 15) is 4.79 Å². The summed E-state index contributed by atoms with van der Waals surface area (Å²) < 4.78 is 11.4. The van der Waals surface area contributed by atoms with Crippen LogP contribution in [0.15, 0.2) is 39.5 Å². The third-order valence-electron chi connectivity index (χ3n) is 4.57. The van der Waals surface area contributed by atoms with E-state index in [1.54, 1.807) is 6.07 Å². The zero-order valence-electron chi connectivity index (χ0n) is 11.9. The summed E-state index contributed by atoms with van der Waals surface area (Å²) in [5, 5.41) is 4.59. The summed E-state index contributed by atoms with van der Waals surface area (Å²) >= 11 is 0. The van der Waals surface area contributed by atoms with Gasteiger partial charge in [0.05, 0.1) is 0 Å². The lowest BCUT2D eigenvalue weighted by Gasteiger charge is -2.40. The number of piperidine rings is 2. The molecule has 2 fully saturated rings. The third kappa shape index (κ3) is 2.68. The van der Waals surface area contributed by atoms with E-state index in [0.717, 1.165) is 24.0 Å². The maximum atomic E-state index is 11.3. The lowest BCUT2D eigenvalue weighted by molar-refractivity contribution is 0.0928. The van der Waals surface area contributed by atoms with Crippen LogP contribution in [0.4, 0.5) is 0 Å². The van der Waals surface area contributed by atoms with Gasteiger partial charge < -0.3 is 14.5 Å². The fourth-order valence-electron chi connectivity index (χ4n) is 3.62. The molecule has 0 saturated carbocycles. The van der Waals surface area contributed by atoms with Crippen molar-refractivity contribution < 1.29 is 9.15 Å². The zero-order valence-corrected chi connectivity index (χ0v) is 11.9. The molecule has 2 aromatic rings. The third-order valence-corrected chi connectivity index (χ3v) is 4.57. The van der Waals surface area contributed by atoms with Crippen LogP contribution >= 0.6 is 0 Å². The van der Waals surface area contributed by atoms with Crippen molar-refractivity contribution >= 4 is 11.0 Å². The Morgan fingerprint density at radius 3 is 2.67 bits per heavy atom. The van der Waals surface area contributed by atoms with Gasteiger partial charge in [0.2, 0.25) is 0 Å². The van der Waals surface area contributed by atoms with Crippen LogP contribution in [0.5, 0.6) is 5.75 Å². The second kappa shape index (κ2) is 5.19. The highest BCUT2D eigenvalue weighted by Gasteiger charge is 2.32. The molecule has 2 aliphatic heterocycles. The van der Waals surface area contributed by atoms with Gasteiger partial charge >= 0.3 is 5.63 Å². The average molecular weight is 285 g/mol. The fourth-order valence-corrected chi connectivity index (χ4v) is 3.62. The van der Waals surface area contributed by atoms with Crippen molar-refractivity contribution in [3.05, 3.63) is 40.8 Å². The van der Waals surface area contributed by atoms with Crippen LogP contribution in [-0.4, -0.2) is 18.2 Å². The topological polar surface area (TPSA) is 51.5 Å². The van der Waals surface area contributed by atoms with Gasteiger partial charge in [-0.2, -0.15) is 0 Å². The number of nitrogens with one attached hydrogen (secondary N) is 1. The molecule has 2 bridgehead atoms. The molecule has 0 spiro atoms. The first kappa shape index (κ1) is 12.9. The smallest absolute Gasteiger partial charge is 0.336 e. The molecule has 0 radical (unpaired) electrons. The van der Waals surface area contributed by atoms with E-state index in [-0.39, 0.29) is 11.7 Å². The molecular weight excluding hydrogens is 266 g/mol. The molecular formula is C17H19NO3. The predicted octanol–water partition coefficient (Wildman–Crippen LogP) is 2.84. The molecule has 0 amide bonds. The highest BCUT2D eigenvalue weighted by Crippen LogP contribution is 2.29. The molecule has 1 N–H and O–H groups in total. The van der Waals surface area contributed by atoms with Crippen molar-refractivity contribution in [3.63, 3.8) is 0 Å². The second-order valence-electron chi connectivity index (χ2n) is 6.16. The highest BCUT2D eigenvalue weighted by molar-refractivity contribution is 5.77. The van der Waals surface area contributed by atoms with Gasteiger partial charge in [-0.25, -0.2) is 4.79 Å². The number of benzene rings is 1. The monoisotopic (exact) mass is 285 g/mol. The maximum Gasteiger partial charge on any atom is 0.336 e. The molecule has 3 heterocycles. The van der Waals surface area contributed by atoms with Gasteiger partial charge in [-0.3, -0.25) is 0 Å².